The predicted octanol–water partition coefficient (Wildman–Crippen LogP) is 1.77. The van der Waals surface area contributed by atoms with Gasteiger partial charge in [0.15, 0.2) is 0 Å². The van der Waals surface area contributed by atoms with E-state index in [0.29, 0.717) is 17.4 Å². The molecule has 0 aliphatic heterocycles. The van der Waals surface area contributed by atoms with Gasteiger partial charge in [0.05, 0.1) is 6.42 Å². The smallest absolute Gasteiger partial charge is 0.307 e. The van der Waals surface area contributed by atoms with E-state index >= 15 is 0 Å². The van der Waals surface area contributed by atoms with Crippen molar-refractivity contribution in [1.29, 1.82) is 0 Å². The second-order valence-electron chi connectivity index (χ2n) is 2.85. The van der Waals surface area contributed by atoms with E-state index in [9.17, 15) is 9.59 Å². The Morgan fingerprint density at radius 1 is 1.50 bits per heavy atom. The zero-order chi connectivity index (χ0) is 10.6. The highest BCUT2D eigenvalue weighted by Gasteiger charge is 2.06. The fourth-order valence-corrected chi connectivity index (χ4v) is 1.18. The Morgan fingerprint density at radius 2 is 2.21 bits per heavy atom. The van der Waals surface area contributed by atoms with Crippen LogP contribution in [0.1, 0.15) is 21.5 Å². The molecule has 1 rings (SSSR count). The van der Waals surface area contributed by atoms with Gasteiger partial charge in [0, 0.05) is 5.56 Å². The van der Waals surface area contributed by atoms with E-state index in [0.717, 1.165) is 5.56 Å². The van der Waals surface area contributed by atoms with Gasteiger partial charge >= 0.3 is 5.97 Å². The van der Waals surface area contributed by atoms with Crippen LogP contribution in [0.25, 0.3) is 6.08 Å². The molecule has 0 heterocycles. The number of carboxylic acids is 1. The van der Waals surface area contributed by atoms with Gasteiger partial charge in [-0.25, -0.2) is 0 Å². The van der Waals surface area contributed by atoms with Crippen molar-refractivity contribution in [3.8, 4) is 0 Å². The highest BCUT2D eigenvalue weighted by atomic mass is 16.4. The van der Waals surface area contributed by atoms with Crippen LogP contribution in [-0.4, -0.2) is 17.4 Å². The fraction of sp³-hybridized carbons (Fsp3) is 0.0909. The van der Waals surface area contributed by atoms with Gasteiger partial charge < -0.3 is 5.11 Å². The Bertz CT molecular complexity index is 380. The zero-order valence-corrected chi connectivity index (χ0v) is 7.56. The first-order chi connectivity index (χ1) is 6.67. The lowest BCUT2D eigenvalue weighted by Crippen LogP contribution is -2.03. The summed E-state index contributed by atoms with van der Waals surface area (Å²) in [5.74, 6) is -0.950. The minimum Gasteiger partial charge on any atom is -0.481 e. The topological polar surface area (TPSA) is 54.4 Å². The first-order valence-corrected chi connectivity index (χ1v) is 4.09. The third-order valence-corrected chi connectivity index (χ3v) is 1.87. The lowest BCUT2D eigenvalue weighted by molar-refractivity contribution is -0.136. The number of aliphatic carboxylic acids is 1. The van der Waals surface area contributed by atoms with Crippen LogP contribution < -0.4 is 0 Å². The standard InChI is InChI=1S/C11H10O3/c1-2-8-3-4-9(7-12)10(5-8)6-11(13)14/h2-5,7H,1,6H2,(H,13,14). The Morgan fingerprint density at radius 3 is 2.71 bits per heavy atom. The second-order valence-corrected chi connectivity index (χ2v) is 2.85. The number of aldehydes is 1. The van der Waals surface area contributed by atoms with E-state index in [1.54, 1.807) is 24.3 Å². The Hall–Kier alpha value is -1.90. The van der Waals surface area contributed by atoms with Crippen molar-refractivity contribution in [3.05, 3.63) is 41.5 Å². The van der Waals surface area contributed by atoms with Crippen LogP contribution in [0.5, 0.6) is 0 Å². The molecular weight excluding hydrogens is 180 g/mol. The van der Waals surface area contributed by atoms with Crippen molar-refractivity contribution in [2.75, 3.05) is 0 Å². The third-order valence-electron chi connectivity index (χ3n) is 1.87. The molecule has 1 aromatic rings. The summed E-state index contributed by atoms with van der Waals surface area (Å²) in [6, 6.07) is 4.98. The van der Waals surface area contributed by atoms with Crippen molar-refractivity contribution < 1.29 is 14.7 Å². The van der Waals surface area contributed by atoms with Gasteiger partial charge in [-0.05, 0) is 11.1 Å². The second kappa shape index (κ2) is 4.37. The summed E-state index contributed by atoms with van der Waals surface area (Å²) in [7, 11) is 0. The van der Waals surface area contributed by atoms with Gasteiger partial charge in [0.1, 0.15) is 6.29 Å². The molecule has 0 aliphatic rings. The molecule has 3 heteroatoms. The molecule has 0 bridgehead atoms. The first kappa shape index (κ1) is 10.2. The number of carboxylic acid groups (broad SMARTS) is 1. The highest BCUT2D eigenvalue weighted by Crippen LogP contribution is 2.12. The lowest BCUT2D eigenvalue weighted by Gasteiger charge is -2.02. The molecule has 0 atom stereocenters. The summed E-state index contributed by atoms with van der Waals surface area (Å²) in [5.41, 5.74) is 1.75. The third kappa shape index (κ3) is 2.29. The molecule has 0 spiro atoms. The quantitative estimate of drug-likeness (QED) is 0.736. The number of carbonyl (C=O) groups is 2. The maximum atomic E-state index is 10.6. The zero-order valence-electron chi connectivity index (χ0n) is 7.56. The van der Waals surface area contributed by atoms with Crippen molar-refractivity contribution >= 4 is 18.3 Å². The minimum absolute atomic E-state index is 0.143. The number of carbonyl (C=O) groups excluding carboxylic acids is 1. The summed E-state index contributed by atoms with van der Waals surface area (Å²) in [6.45, 7) is 3.57. The van der Waals surface area contributed by atoms with Crippen LogP contribution in [0.3, 0.4) is 0 Å². The molecule has 72 valence electrons. The van der Waals surface area contributed by atoms with Crippen molar-refractivity contribution in [2.45, 2.75) is 6.42 Å². The van der Waals surface area contributed by atoms with Crippen LogP contribution >= 0.6 is 0 Å². The van der Waals surface area contributed by atoms with Crippen LogP contribution in [0, 0.1) is 0 Å². The number of rotatable bonds is 4. The molecule has 1 N–H and O–H groups in total. The Kier molecular flexibility index (Phi) is 3.18. The highest BCUT2D eigenvalue weighted by molar-refractivity contribution is 5.82. The van der Waals surface area contributed by atoms with E-state index in [2.05, 4.69) is 6.58 Å². The number of hydrogen-bond donors (Lipinski definition) is 1. The molecule has 0 aliphatic carbocycles. The van der Waals surface area contributed by atoms with Crippen LogP contribution in [0.4, 0.5) is 0 Å². The van der Waals surface area contributed by atoms with Gasteiger partial charge in [-0.15, -0.1) is 0 Å². The molecule has 0 fully saturated rings. The maximum absolute atomic E-state index is 10.6. The molecule has 3 nitrogen and oxygen atoms in total. The minimum atomic E-state index is -0.950. The van der Waals surface area contributed by atoms with Gasteiger partial charge in [-0.3, -0.25) is 9.59 Å². The van der Waals surface area contributed by atoms with E-state index in [-0.39, 0.29) is 6.42 Å². The van der Waals surface area contributed by atoms with Gasteiger partial charge in [-0.2, -0.15) is 0 Å². The molecule has 14 heavy (non-hydrogen) atoms. The molecule has 0 amide bonds. The fourth-order valence-electron chi connectivity index (χ4n) is 1.18. The molecule has 0 unspecified atom stereocenters. The van der Waals surface area contributed by atoms with Gasteiger partial charge in [0.25, 0.3) is 0 Å². The van der Waals surface area contributed by atoms with E-state index < -0.39 is 5.97 Å². The first-order valence-electron chi connectivity index (χ1n) is 4.09. The van der Waals surface area contributed by atoms with E-state index in [1.165, 1.54) is 0 Å². The molecule has 0 aromatic heterocycles. The Balaban J connectivity index is 3.13. The average Bonchev–Trinajstić information content (AvgIpc) is 2.16. The molecule has 0 saturated heterocycles. The summed E-state index contributed by atoms with van der Waals surface area (Å²) in [5, 5.41) is 8.61. The Labute approximate surface area is 81.7 Å². The van der Waals surface area contributed by atoms with Gasteiger partial charge in [0.2, 0.25) is 0 Å². The molecule has 1 aromatic carbocycles. The number of benzene rings is 1. The van der Waals surface area contributed by atoms with E-state index in [1.807, 2.05) is 0 Å². The summed E-state index contributed by atoms with van der Waals surface area (Å²) in [4.78, 5) is 21.1. The monoisotopic (exact) mass is 190 g/mol. The largest absolute Gasteiger partial charge is 0.481 e. The van der Waals surface area contributed by atoms with Gasteiger partial charge in [-0.1, -0.05) is 30.9 Å². The average molecular weight is 190 g/mol. The summed E-state index contributed by atoms with van der Waals surface area (Å²) >= 11 is 0. The summed E-state index contributed by atoms with van der Waals surface area (Å²) in [6.07, 6.45) is 2.13. The van der Waals surface area contributed by atoms with Crippen molar-refractivity contribution in [3.63, 3.8) is 0 Å². The number of hydrogen-bond acceptors (Lipinski definition) is 2. The normalized spacial score (nSPS) is 9.43. The molecule has 0 radical (unpaired) electrons. The molecule has 0 saturated carbocycles. The lowest BCUT2D eigenvalue weighted by atomic mass is 10.0. The van der Waals surface area contributed by atoms with Crippen LogP contribution in [-0.2, 0) is 11.2 Å². The van der Waals surface area contributed by atoms with E-state index in [4.69, 9.17) is 5.11 Å². The van der Waals surface area contributed by atoms with Crippen molar-refractivity contribution in [1.82, 2.24) is 0 Å². The maximum Gasteiger partial charge on any atom is 0.307 e. The van der Waals surface area contributed by atoms with Crippen molar-refractivity contribution in [2.24, 2.45) is 0 Å². The predicted molar refractivity (Wildman–Crippen MR) is 53.3 cm³/mol. The SMILES string of the molecule is C=Cc1ccc(C=O)c(CC(=O)O)c1. The molecular formula is C11H10O3. The van der Waals surface area contributed by atoms with Crippen LogP contribution in [0.15, 0.2) is 24.8 Å². The van der Waals surface area contributed by atoms with Crippen LogP contribution in [0.2, 0.25) is 0 Å². The summed E-state index contributed by atoms with van der Waals surface area (Å²) < 4.78 is 0.